The molecular weight excluding hydrogens is 204 g/mol. The quantitative estimate of drug-likeness (QED) is 0.572. The van der Waals surface area contributed by atoms with Crippen molar-refractivity contribution in [3.8, 4) is 5.88 Å². The van der Waals surface area contributed by atoms with Gasteiger partial charge in [0.1, 0.15) is 0 Å². The summed E-state index contributed by atoms with van der Waals surface area (Å²) in [5.41, 5.74) is 1.01. The average Bonchev–Trinajstić information content (AvgIpc) is 2.18. The van der Waals surface area contributed by atoms with Gasteiger partial charge in [0.2, 0.25) is 5.88 Å². The van der Waals surface area contributed by atoms with Crippen molar-refractivity contribution in [2.24, 2.45) is 0 Å². The molecule has 0 amide bonds. The molecule has 0 radical (unpaired) electrons. The van der Waals surface area contributed by atoms with Crippen LogP contribution in [0.2, 0.25) is 0 Å². The fourth-order valence-corrected chi connectivity index (χ4v) is 2.65. The molecule has 1 N–H and O–H groups in total. The second-order valence-corrected chi connectivity index (χ2v) is 4.64. The zero-order valence-corrected chi connectivity index (χ0v) is 8.91. The van der Waals surface area contributed by atoms with E-state index in [1.165, 1.54) is 11.8 Å². The van der Waals surface area contributed by atoms with Crippen LogP contribution in [0.1, 0.15) is 12.1 Å². The highest BCUT2D eigenvalue weighted by Gasteiger charge is 2.17. The Hall–Kier alpha value is -0.420. The van der Waals surface area contributed by atoms with E-state index in [2.05, 4.69) is 9.97 Å². The summed E-state index contributed by atoms with van der Waals surface area (Å²) in [7, 11) is 0. The summed E-state index contributed by atoms with van der Waals surface area (Å²) in [5, 5.41) is 10.2. The van der Waals surface area contributed by atoms with E-state index >= 15 is 0 Å². The Morgan fingerprint density at radius 3 is 3.08 bits per heavy atom. The number of thioether (sulfide) groups is 2. The zero-order chi connectivity index (χ0) is 9.26. The van der Waals surface area contributed by atoms with Crippen molar-refractivity contribution >= 4 is 23.5 Å². The summed E-state index contributed by atoms with van der Waals surface area (Å²) in [5.74, 6) is 1.21. The molecule has 13 heavy (non-hydrogen) atoms. The van der Waals surface area contributed by atoms with Crippen LogP contribution < -0.4 is 0 Å². The van der Waals surface area contributed by atoms with Crippen molar-refractivity contribution in [2.75, 3.05) is 12.0 Å². The smallest absolute Gasteiger partial charge is 0.229 e. The highest BCUT2D eigenvalue weighted by molar-refractivity contribution is 7.99. The first-order valence-electron chi connectivity index (χ1n) is 4.08. The molecule has 0 aromatic carbocycles. The number of hydrogen-bond donors (Lipinski definition) is 1. The van der Waals surface area contributed by atoms with E-state index in [0.29, 0.717) is 5.16 Å². The Bertz CT molecular complexity index is 330. The van der Waals surface area contributed by atoms with Gasteiger partial charge >= 0.3 is 0 Å². The molecule has 1 aromatic rings. The topological polar surface area (TPSA) is 46.0 Å². The molecule has 0 spiro atoms. The maximum absolute atomic E-state index is 9.58. The second kappa shape index (κ2) is 3.75. The molecule has 0 atom stereocenters. The van der Waals surface area contributed by atoms with Crippen LogP contribution in [0.25, 0.3) is 0 Å². The lowest BCUT2D eigenvalue weighted by Crippen LogP contribution is -2.04. The maximum atomic E-state index is 9.58. The summed E-state index contributed by atoms with van der Waals surface area (Å²) < 4.78 is 0. The molecule has 0 aliphatic carbocycles. The molecule has 0 unspecified atom stereocenters. The Morgan fingerprint density at radius 2 is 2.31 bits per heavy atom. The first-order chi connectivity index (χ1) is 6.31. The molecule has 2 rings (SSSR count). The molecule has 0 saturated carbocycles. The largest absolute Gasteiger partial charge is 0.492 e. The van der Waals surface area contributed by atoms with Gasteiger partial charge < -0.3 is 5.11 Å². The third-order valence-electron chi connectivity index (χ3n) is 1.88. The van der Waals surface area contributed by atoms with Crippen molar-refractivity contribution in [1.82, 2.24) is 9.97 Å². The Labute approximate surface area is 85.4 Å². The van der Waals surface area contributed by atoms with E-state index in [1.807, 2.05) is 6.26 Å². The SMILES string of the molecule is CSc1nc(O)c2c(n1)CCCS2. The number of aryl methyl sites for hydroxylation is 1. The first kappa shape index (κ1) is 9.15. The van der Waals surface area contributed by atoms with E-state index in [0.717, 1.165) is 29.2 Å². The molecule has 70 valence electrons. The normalized spacial score (nSPS) is 15.5. The lowest BCUT2D eigenvalue weighted by Gasteiger charge is -2.14. The predicted octanol–water partition coefficient (Wildman–Crippen LogP) is 1.94. The number of aromatic hydroxyl groups is 1. The highest BCUT2D eigenvalue weighted by Crippen LogP contribution is 2.35. The van der Waals surface area contributed by atoms with Crippen molar-refractivity contribution in [3.63, 3.8) is 0 Å². The molecule has 1 aliphatic rings. The van der Waals surface area contributed by atoms with Gasteiger partial charge in [-0.05, 0) is 24.9 Å². The number of hydrogen-bond acceptors (Lipinski definition) is 5. The molecular formula is C8H10N2OS2. The van der Waals surface area contributed by atoms with E-state index < -0.39 is 0 Å². The van der Waals surface area contributed by atoms with Crippen LogP contribution in [0.5, 0.6) is 5.88 Å². The number of aromatic nitrogens is 2. The van der Waals surface area contributed by atoms with Crippen molar-refractivity contribution in [2.45, 2.75) is 22.9 Å². The van der Waals surface area contributed by atoms with Gasteiger partial charge in [0.15, 0.2) is 5.16 Å². The van der Waals surface area contributed by atoms with Gasteiger partial charge in [0.05, 0.1) is 10.6 Å². The molecule has 1 aromatic heterocycles. The van der Waals surface area contributed by atoms with Gasteiger partial charge in [-0.2, -0.15) is 4.98 Å². The molecule has 0 bridgehead atoms. The van der Waals surface area contributed by atoms with Crippen molar-refractivity contribution in [3.05, 3.63) is 5.69 Å². The van der Waals surface area contributed by atoms with E-state index in [4.69, 9.17) is 0 Å². The summed E-state index contributed by atoms with van der Waals surface area (Å²) in [6, 6.07) is 0. The minimum atomic E-state index is 0.152. The monoisotopic (exact) mass is 214 g/mol. The molecule has 0 saturated heterocycles. The summed E-state index contributed by atoms with van der Waals surface area (Å²) >= 11 is 3.11. The molecule has 2 heterocycles. The van der Waals surface area contributed by atoms with E-state index in [9.17, 15) is 5.11 Å². The fraction of sp³-hybridized carbons (Fsp3) is 0.500. The summed E-state index contributed by atoms with van der Waals surface area (Å²) in [6.07, 6.45) is 4.02. The van der Waals surface area contributed by atoms with Crippen LogP contribution in [-0.2, 0) is 6.42 Å². The van der Waals surface area contributed by atoms with Crippen LogP contribution in [0.4, 0.5) is 0 Å². The first-order valence-corrected chi connectivity index (χ1v) is 6.29. The number of rotatable bonds is 1. The number of nitrogens with zero attached hydrogens (tertiary/aromatic N) is 2. The Morgan fingerprint density at radius 1 is 1.46 bits per heavy atom. The predicted molar refractivity (Wildman–Crippen MR) is 54.5 cm³/mol. The van der Waals surface area contributed by atoms with Crippen LogP contribution in [0.15, 0.2) is 10.1 Å². The highest BCUT2D eigenvalue weighted by atomic mass is 32.2. The standard InChI is InChI=1S/C8H10N2OS2/c1-12-8-9-5-3-2-4-13-6(5)7(11)10-8/h2-4H2,1H3,(H,9,10,11). The third-order valence-corrected chi connectivity index (χ3v) is 3.63. The molecule has 0 fully saturated rings. The lowest BCUT2D eigenvalue weighted by molar-refractivity contribution is 0.426. The van der Waals surface area contributed by atoms with E-state index in [1.54, 1.807) is 11.8 Å². The van der Waals surface area contributed by atoms with Gasteiger partial charge in [0.25, 0.3) is 0 Å². The average molecular weight is 214 g/mol. The van der Waals surface area contributed by atoms with Crippen LogP contribution in [-0.4, -0.2) is 27.1 Å². The van der Waals surface area contributed by atoms with Crippen molar-refractivity contribution in [1.29, 1.82) is 0 Å². The van der Waals surface area contributed by atoms with Gasteiger partial charge in [0, 0.05) is 0 Å². The molecule has 1 aliphatic heterocycles. The maximum Gasteiger partial charge on any atom is 0.229 e. The van der Waals surface area contributed by atoms with Crippen LogP contribution in [0.3, 0.4) is 0 Å². The van der Waals surface area contributed by atoms with Crippen LogP contribution >= 0.6 is 23.5 Å². The lowest BCUT2D eigenvalue weighted by atomic mass is 10.2. The van der Waals surface area contributed by atoms with Gasteiger partial charge in [-0.25, -0.2) is 4.98 Å². The summed E-state index contributed by atoms with van der Waals surface area (Å²) in [4.78, 5) is 9.23. The van der Waals surface area contributed by atoms with E-state index in [-0.39, 0.29) is 5.88 Å². The zero-order valence-electron chi connectivity index (χ0n) is 7.28. The third kappa shape index (κ3) is 1.76. The molecule has 5 heteroatoms. The summed E-state index contributed by atoms with van der Waals surface area (Å²) in [6.45, 7) is 0. The van der Waals surface area contributed by atoms with Gasteiger partial charge in [-0.3, -0.25) is 0 Å². The van der Waals surface area contributed by atoms with Gasteiger partial charge in [-0.1, -0.05) is 11.8 Å². The minimum absolute atomic E-state index is 0.152. The second-order valence-electron chi connectivity index (χ2n) is 2.76. The van der Waals surface area contributed by atoms with Crippen molar-refractivity contribution < 1.29 is 5.11 Å². The van der Waals surface area contributed by atoms with Gasteiger partial charge in [-0.15, -0.1) is 11.8 Å². The molecule has 3 nitrogen and oxygen atoms in total. The Kier molecular flexibility index (Phi) is 2.64. The minimum Gasteiger partial charge on any atom is -0.492 e. The Balaban J connectivity index is 2.47. The number of fused-ring (bicyclic) bond motifs is 1. The van der Waals surface area contributed by atoms with Crippen LogP contribution in [0, 0.1) is 0 Å². The fourth-order valence-electron chi connectivity index (χ4n) is 1.28.